The summed E-state index contributed by atoms with van der Waals surface area (Å²) >= 11 is 7.18. The fourth-order valence-electron chi connectivity index (χ4n) is 4.19. The highest BCUT2D eigenvalue weighted by molar-refractivity contribution is 9.12. The summed E-state index contributed by atoms with van der Waals surface area (Å²) in [4.78, 5) is 30.4. The molecule has 1 aliphatic heterocycles. The molecule has 0 fully saturated rings. The van der Waals surface area contributed by atoms with Crippen LogP contribution in [0, 0.1) is 0 Å². The second-order valence-corrected chi connectivity index (χ2v) is 10.8. The van der Waals surface area contributed by atoms with Gasteiger partial charge in [-0.2, -0.15) is 0 Å². The molecule has 6 nitrogen and oxygen atoms in total. The SMILES string of the molecule is N[C@@H](Cc1ccccc1)C(=O)N(C(=O)OCc1ccccc1)c1ccc2c(c1)CC=CN2CC(Br)CBr. The number of rotatable bonds is 9. The van der Waals surface area contributed by atoms with Crippen LogP contribution < -0.4 is 15.5 Å². The van der Waals surface area contributed by atoms with E-state index in [4.69, 9.17) is 10.5 Å². The molecule has 8 heteroatoms. The van der Waals surface area contributed by atoms with Crippen molar-refractivity contribution in [3.8, 4) is 0 Å². The Morgan fingerprint density at radius 1 is 1.00 bits per heavy atom. The number of alkyl halides is 2. The minimum Gasteiger partial charge on any atom is -0.444 e. The Kier molecular flexibility index (Phi) is 9.55. The maximum absolute atomic E-state index is 13.6. The number of imide groups is 1. The number of hydrogen-bond donors (Lipinski definition) is 1. The predicted molar refractivity (Wildman–Crippen MR) is 155 cm³/mol. The van der Waals surface area contributed by atoms with Gasteiger partial charge in [0, 0.05) is 28.6 Å². The number of allylic oxidation sites excluding steroid dienone is 1. The molecule has 0 bridgehead atoms. The van der Waals surface area contributed by atoms with Crippen LogP contribution in [0.4, 0.5) is 16.2 Å². The molecule has 0 saturated heterocycles. The van der Waals surface area contributed by atoms with Crippen LogP contribution in [0.1, 0.15) is 16.7 Å². The lowest BCUT2D eigenvalue weighted by Crippen LogP contribution is -2.48. The topological polar surface area (TPSA) is 75.9 Å². The molecule has 1 unspecified atom stereocenters. The molecule has 2 N–H and O–H groups in total. The minimum absolute atomic E-state index is 0.0536. The van der Waals surface area contributed by atoms with Crippen molar-refractivity contribution in [2.75, 3.05) is 21.7 Å². The Labute approximate surface area is 234 Å². The van der Waals surface area contributed by atoms with Crippen molar-refractivity contribution in [2.45, 2.75) is 30.3 Å². The van der Waals surface area contributed by atoms with Gasteiger partial charge in [-0.1, -0.05) is 98.6 Å². The number of ether oxygens (including phenoxy) is 1. The number of carbonyl (C=O) groups excluding carboxylic acids is 2. The van der Waals surface area contributed by atoms with Crippen LogP contribution in [0.3, 0.4) is 0 Å². The van der Waals surface area contributed by atoms with Gasteiger partial charge in [-0.3, -0.25) is 4.79 Å². The molecule has 2 amide bonds. The number of halogens is 2. The van der Waals surface area contributed by atoms with Gasteiger partial charge in [0.05, 0.1) is 11.7 Å². The first kappa shape index (κ1) is 27.1. The van der Waals surface area contributed by atoms with Crippen LogP contribution in [0.5, 0.6) is 0 Å². The van der Waals surface area contributed by atoms with Gasteiger partial charge in [-0.15, -0.1) is 0 Å². The highest BCUT2D eigenvalue weighted by Crippen LogP contribution is 2.31. The summed E-state index contributed by atoms with van der Waals surface area (Å²) in [5, 5.41) is 0.819. The second kappa shape index (κ2) is 13.0. The van der Waals surface area contributed by atoms with Crippen molar-refractivity contribution in [2.24, 2.45) is 5.73 Å². The molecule has 4 rings (SSSR count). The maximum atomic E-state index is 13.6. The van der Waals surface area contributed by atoms with Crippen molar-refractivity contribution in [1.29, 1.82) is 0 Å². The molecule has 37 heavy (non-hydrogen) atoms. The Morgan fingerprint density at radius 2 is 1.68 bits per heavy atom. The van der Waals surface area contributed by atoms with Gasteiger partial charge in [0.1, 0.15) is 6.61 Å². The zero-order chi connectivity index (χ0) is 26.2. The Morgan fingerprint density at radius 3 is 2.35 bits per heavy atom. The van der Waals surface area contributed by atoms with Crippen LogP contribution in [-0.2, 0) is 29.0 Å². The lowest BCUT2D eigenvalue weighted by molar-refractivity contribution is -0.119. The van der Waals surface area contributed by atoms with E-state index in [1.165, 1.54) is 0 Å². The number of fused-ring (bicyclic) bond motifs is 1. The second-order valence-electron chi connectivity index (χ2n) is 8.82. The number of nitrogens with zero attached hydrogens (tertiary/aromatic N) is 2. The Balaban J connectivity index is 1.60. The summed E-state index contributed by atoms with van der Waals surface area (Å²) in [6.07, 6.45) is 4.38. The quantitative estimate of drug-likeness (QED) is 0.297. The fraction of sp³-hybridized carbons (Fsp3) is 0.241. The molecule has 0 radical (unpaired) electrons. The summed E-state index contributed by atoms with van der Waals surface area (Å²) in [5.74, 6) is -0.509. The molecule has 0 aliphatic carbocycles. The molecule has 0 spiro atoms. The number of carbonyl (C=O) groups is 2. The van der Waals surface area contributed by atoms with Crippen molar-refractivity contribution < 1.29 is 14.3 Å². The Hall–Kier alpha value is -2.94. The summed E-state index contributed by atoms with van der Waals surface area (Å²) < 4.78 is 5.57. The standard InChI is InChI=1S/C29H29Br2N3O3/c30-18-24(31)19-33-15-7-12-23-17-25(13-14-27(23)33)34(29(36)37-20-22-10-5-2-6-11-22)28(35)26(32)16-21-8-3-1-4-9-21/h1-11,13-15,17,24,26H,12,16,18-20,32H2/t24?,26-/m0/s1. The maximum Gasteiger partial charge on any atom is 0.421 e. The van der Waals surface area contributed by atoms with E-state index < -0.39 is 18.0 Å². The van der Waals surface area contributed by atoms with E-state index in [2.05, 4.69) is 49.0 Å². The van der Waals surface area contributed by atoms with Crippen molar-refractivity contribution in [3.05, 3.63) is 108 Å². The highest BCUT2D eigenvalue weighted by atomic mass is 79.9. The molecule has 192 valence electrons. The van der Waals surface area contributed by atoms with E-state index in [1.807, 2.05) is 72.8 Å². The largest absolute Gasteiger partial charge is 0.444 e. The van der Waals surface area contributed by atoms with E-state index in [9.17, 15) is 9.59 Å². The molecular weight excluding hydrogens is 598 g/mol. The lowest BCUT2D eigenvalue weighted by Gasteiger charge is -2.30. The first-order valence-corrected chi connectivity index (χ1v) is 14.1. The molecule has 0 saturated carbocycles. The zero-order valence-electron chi connectivity index (χ0n) is 20.3. The number of anilines is 2. The first-order chi connectivity index (χ1) is 18.0. The van der Waals surface area contributed by atoms with Crippen molar-refractivity contribution in [3.63, 3.8) is 0 Å². The van der Waals surface area contributed by atoms with Crippen LogP contribution in [0.2, 0.25) is 0 Å². The minimum atomic E-state index is -0.910. The van der Waals surface area contributed by atoms with Gasteiger partial charge in [0.2, 0.25) is 0 Å². The number of amides is 2. The number of benzene rings is 3. The van der Waals surface area contributed by atoms with E-state index >= 15 is 0 Å². The molecule has 3 aromatic carbocycles. The van der Waals surface area contributed by atoms with Crippen molar-refractivity contribution >= 4 is 55.2 Å². The molecule has 2 atom stereocenters. The van der Waals surface area contributed by atoms with E-state index in [0.29, 0.717) is 18.5 Å². The number of nitrogens with two attached hydrogens (primary N) is 1. The van der Waals surface area contributed by atoms with Gasteiger partial charge in [0.15, 0.2) is 0 Å². The monoisotopic (exact) mass is 625 g/mol. The van der Waals surface area contributed by atoms with Crippen LogP contribution in [0.25, 0.3) is 0 Å². The molecule has 1 heterocycles. The highest BCUT2D eigenvalue weighted by Gasteiger charge is 2.31. The summed E-state index contributed by atoms with van der Waals surface area (Å²) in [6, 6.07) is 23.6. The summed E-state index contributed by atoms with van der Waals surface area (Å²) in [6.45, 7) is 0.829. The summed E-state index contributed by atoms with van der Waals surface area (Å²) in [7, 11) is 0. The Bertz CT molecular complexity index is 1240. The lowest BCUT2D eigenvalue weighted by atomic mass is 10.0. The van der Waals surface area contributed by atoms with Gasteiger partial charge in [0.25, 0.3) is 5.91 Å². The smallest absolute Gasteiger partial charge is 0.421 e. The predicted octanol–water partition coefficient (Wildman–Crippen LogP) is 5.96. The average molecular weight is 627 g/mol. The van der Waals surface area contributed by atoms with Gasteiger partial charge in [-0.25, -0.2) is 9.69 Å². The molecule has 0 aromatic heterocycles. The van der Waals surface area contributed by atoms with Gasteiger partial charge >= 0.3 is 6.09 Å². The summed E-state index contributed by atoms with van der Waals surface area (Å²) in [5.41, 5.74) is 10.6. The van der Waals surface area contributed by atoms with Crippen molar-refractivity contribution in [1.82, 2.24) is 0 Å². The molecule has 3 aromatic rings. The third-order valence-corrected chi connectivity index (χ3v) is 8.30. The third-order valence-electron chi connectivity index (χ3n) is 6.04. The zero-order valence-corrected chi connectivity index (χ0v) is 23.5. The average Bonchev–Trinajstić information content (AvgIpc) is 2.93. The third kappa shape index (κ3) is 7.09. The normalized spacial score (nSPS) is 14.0. The molecular formula is C29H29Br2N3O3. The first-order valence-electron chi connectivity index (χ1n) is 12.1. The molecule has 1 aliphatic rings. The van der Waals surface area contributed by atoms with Crippen LogP contribution in [0.15, 0.2) is 91.1 Å². The van der Waals surface area contributed by atoms with Crippen LogP contribution >= 0.6 is 31.9 Å². The van der Waals surface area contributed by atoms with E-state index in [1.54, 1.807) is 6.07 Å². The van der Waals surface area contributed by atoms with E-state index in [0.717, 1.165) is 39.2 Å². The van der Waals surface area contributed by atoms with Gasteiger partial charge in [-0.05, 0) is 47.7 Å². The number of hydrogen-bond acceptors (Lipinski definition) is 5. The van der Waals surface area contributed by atoms with E-state index in [-0.39, 0.29) is 11.4 Å². The van der Waals surface area contributed by atoms with Crippen LogP contribution in [-0.4, -0.2) is 34.7 Å². The van der Waals surface area contributed by atoms with Gasteiger partial charge < -0.3 is 15.4 Å². The fourth-order valence-corrected chi connectivity index (χ4v) is 4.71.